The normalized spacial score (nSPS) is 28.1. The molecule has 0 aromatic heterocycles. The zero-order valence-electron chi connectivity index (χ0n) is 11.3. The Morgan fingerprint density at radius 2 is 2.28 bits per heavy atom. The first-order valence-corrected chi connectivity index (χ1v) is 6.74. The average Bonchev–Trinajstić information content (AvgIpc) is 2.28. The Morgan fingerprint density at radius 3 is 2.94 bits per heavy atom. The molecule has 1 aliphatic carbocycles. The van der Waals surface area contributed by atoms with Gasteiger partial charge in [-0.1, -0.05) is 25.8 Å². The minimum Gasteiger partial charge on any atom is -0.373 e. The number of anilines is 1. The maximum atomic E-state index is 13.2. The Morgan fingerprint density at radius 1 is 1.50 bits per heavy atom. The van der Waals surface area contributed by atoms with E-state index in [1.165, 1.54) is 18.9 Å². The lowest BCUT2D eigenvalue weighted by molar-refractivity contribution is 0.241. The maximum absolute atomic E-state index is 13.2. The molecular weight excluding hydrogens is 227 g/mol. The first-order valence-electron chi connectivity index (χ1n) is 6.74. The molecule has 0 amide bonds. The molecule has 100 valence electrons. The Labute approximate surface area is 109 Å². The van der Waals surface area contributed by atoms with Crippen molar-refractivity contribution >= 4 is 5.69 Å². The molecule has 1 aromatic rings. The van der Waals surface area contributed by atoms with Gasteiger partial charge < -0.3 is 10.6 Å². The highest BCUT2D eigenvalue weighted by Crippen LogP contribution is 2.31. The molecule has 1 aromatic carbocycles. The zero-order chi connectivity index (χ0) is 13.2. The Kier molecular flexibility index (Phi) is 3.91. The number of nitrogens with zero attached hydrogens (tertiary/aromatic N) is 1. The van der Waals surface area contributed by atoms with E-state index in [4.69, 9.17) is 5.73 Å². The maximum Gasteiger partial charge on any atom is 0.125 e. The summed E-state index contributed by atoms with van der Waals surface area (Å²) < 4.78 is 13.2. The number of hydrogen-bond acceptors (Lipinski definition) is 2. The molecule has 0 saturated heterocycles. The van der Waals surface area contributed by atoms with Crippen LogP contribution in [0.15, 0.2) is 24.3 Å². The van der Waals surface area contributed by atoms with Gasteiger partial charge >= 0.3 is 0 Å². The summed E-state index contributed by atoms with van der Waals surface area (Å²) in [6.07, 6.45) is 4.61. The van der Waals surface area contributed by atoms with Gasteiger partial charge in [0, 0.05) is 24.8 Å². The fourth-order valence-corrected chi connectivity index (χ4v) is 3.12. The van der Waals surface area contributed by atoms with Crippen LogP contribution in [0.3, 0.4) is 0 Å². The van der Waals surface area contributed by atoms with Crippen molar-refractivity contribution in [2.75, 3.05) is 18.5 Å². The number of nitrogens with two attached hydrogens (primary N) is 1. The molecule has 0 spiro atoms. The van der Waals surface area contributed by atoms with Gasteiger partial charge in [0.25, 0.3) is 0 Å². The van der Waals surface area contributed by atoms with E-state index in [-0.39, 0.29) is 11.4 Å². The third-order valence-corrected chi connectivity index (χ3v) is 3.93. The lowest BCUT2D eigenvalue weighted by Crippen LogP contribution is -2.52. The second-order valence-electron chi connectivity index (χ2n) is 5.90. The van der Waals surface area contributed by atoms with Crippen molar-refractivity contribution in [3.8, 4) is 0 Å². The van der Waals surface area contributed by atoms with E-state index < -0.39 is 0 Å². The second-order valence-corrected chi connectivity index (χ2v) is 5.90. The summed E-state index contributed by atoms with van der Waals surface area (Å²) in [5, 5.41) is 0. The van der Waals surface area contributed by atoms with Crippen molar-refractivity contribution in [2.45, 2.75) is 38.1 Å². The molecule has 1 fully saturated rings. The first-order chi connectivity index (χ1) is 8.48. The van der Waals surface area contributed by atoms with Gasteiger partial charge in [-0.05, 0) is 37.0 Å². The molecule has 0 aliphatic heterocycles. The fourth-order valence-electron chi connectivity index (χ4n) is 3.12. The third kappa shape index (κ3) is 3.22. The number of benzene rings is 1. The van der Waals surface area contributed by atoms with Gasteiger partial charge in [-0.25, -0.2) is 4.39 Å². The predicted molar refractivity (Wildman–Crippen MR) is 74.2 cm³/mol. The molecular formula is C15H23FN2. The van der Waals surface area contributed by atoms with Crippen molar-refractivity contribution in [1.29, 1.82) is 0 Å². The van der Waals surface area contributed by atoms with Gasteiger partial charge in [0.1, 0.15) is 5.82 Å². The first kappa shape index (κ1) is 13.3. The second kappa shape index (κ2) is 5.27. The fraction of sp³-hybridized carbons (Fsp3) is 0.600. The molecule has 0 heterocycles. The van der Waals surface area contributed by atoms with Crippen LogP contribution in [-0.4, -0.2) is 19.1 Å². The summed E-state index contributed by atoms with van der Waals surface area (Å²) in [6.45, 7) is 3.06. The van der Waals surface area contributed by atoms with E-state index in [0.717, 1.165) is 25.1 Å². The smallest absolute Gasteiger partial charge is 0.125 e. The molecule has 18 heavy (non-hydrogen) atoms. The molecule has 0 radical (unpaired) electrons. The van der Waals surface area contributed by atoms with E-state index in [1.54, 1.807) is 12.1 Å². The summed E-state index contributed by atoms with van der Waals surface area (Å²) in [4.78, 5) is 2.07. The lowest BCUT2D eigenvalue weighted by atomic mass is 9.77. The number of rotatable bonds is 3. The van der Waals surface area contributed by atoms with E-state index >= 15 is 0 Å². The van der Waals surface area contributed by atoms with Gasteiger partial charge in [0.15, 0.2) is 0 Å². The van der Waals surface area contributed by atoms with Gasteiger partial charge in [-0.2, -0.15) is 0 Å². The minimum atomic E-state index is -0.192. The van der Waals surface area contributed by atoms with Crippen molar-refractivity contribution in [3.63, 3.8) is 0 Å². The standard InChI is InChI=1S/C15H23FN2/c1-12-5-4-8-15(17,10-12)11-18(2)14-7-3-6-13(16)9-14/h3,6-7,9,12H,4-5,8,10-11,17H2,1-2H3. The number of halogens is 1. The highest BCUT2D eigenvalue weighted by atomic mass is 19.1. The van der Waals surface area contributed by atoms with Gasteiger partial charge in [0.2, 0.25) is 0 Å². The van der Waals surface area contributed by atoms with Crippen LogP contribution in [0.4, 0.5) is 10.1 Å². The Balaban J connectivity index is 2.04. The van der Waals surface area contributed by atoms with Crippen molar-refractivity contribution in [2.24, 2.45) is 11.7 Å². The number of hydrogen-bond donors (Lipinski definition) is 1. The molecule has 2 atom stereocenters. The minimum absolute atomic E-state index is 0.126. The monoisotopic (exact) mass is 250 g/mol. The molecule has 3 heteroatoms. The van der Waals surface area contributed by atoms with Gasteiger partial charge in [-0.3, -0.25) is 0 Å². The van der Waals surface area contributed by atoms with Crippen LogP contribution < -0.4 is 10.6 Å². The third-order valence-electron chi connectivity index (χ3n) is 3.93. The van der Waals surface area contributed by atoms with Crippen LogP contribution in [0.1, 0.15) is 32.6 Å². The molecule has 2 N–H and O–H groups in total. The Hall–Kier alpha value is -1.09. The van der Waals surface area contributed by atoms with E-state index in [2.05, 4.69) is 11.8 Å². The molecule has 1 aliphatic rings. The molecule has 2 nitrogen and oxygen atoms in total. The van der Waals surface area contributed by atoms with Crippen LogP contribution in [0.2, 0.25) is 0 Å². The van der Waals surface area contributed by atoms with Crippen LogP contribution in [0.25, 0.3) is 0 Å². The van der Waals surface area contributed by atoms with Crippen LogP contribution in [0, 0.1) is 11.7 Å². The lowest BCUT2D eigenvalue weighted by Gasteiger charge is -2.40. The highest BCUT2D eigenvalue weighted by molar-refractivity contribution is 5.46. The topological polar surface area (TPSA) is 29.3 Å². The van der Waals surface area contributed by atoms with Crippen molar-refractivity contribution in [1.82, 2.24) is 0 Å². The van der Waals surface area contributed by atoms with Crippen LogP contribution in [0.5, 0.6) is 0 Å². The molecule has 2 rings (SSSR count). The summed E-state index contributed by atoms with van der Waals surface area (Å²) in [6, 6.07) is 6.71. The summed E-state index contributed by atoms with van der Waals surface area (Å²) in [5.41, 5.74) is 7.27. The predicted octanol–water partition coefficient (Wildman–Crippen LogP) is 3.17. The SMILES string of the molecule is CC1CCCC(N)(CN(C)c2cccc(F)c2)C1. The van der Waals surface area contributed by atoms with Crippen molar-refractivity contribution < 1.29 is 4.39 Å². The zero-order valence-corrected chi connectivity index (χ0v) is 11.3. The quantitative estimate of drug-likeness (QED) is 0.892. The summed E-state index contributed by atoms with van der Waals surface area (Å²) >= 11 is 0. The summed E-state index contributed by atoms with van der Waals surface area (Å²) in [7, 11) is 1.99. The molecule has 0 bridgehead atoms. The molecule has 1 saturated carbocycles. The van der Waals surface area contributed by atoms with Crippen molar-refractivity contribution in [3.05, 3.63) is 30.1 Å². The van der Waals surface area contributed by atoms with Gasteiger partial charge in [0.05, 0.1) is 0 Å². The summed E-state index contributed by atoms with van der Waals surface area (Å²) in [5.74, 6) is 0.507. The number of likely N-dealkylation sites (N-methyl/N-ethyl adjacent to an activating group) is 1. The largest absolute Gasteiger partial charge is 0.373 e. The average molecular weight is 250 g/mol. The molecule has 2 unspecified atom stereocenters. The van der Waals surface area contributed by atoms with Crippen LogP contribution in [-0.2, 0) is 0 Å². The van der Waals surface area contributed by atoms with E-state index in [1.807, 2.05) is 13.1 Å². The Bertz CT molecular complexity index is 407. The van der Waals surface area contributed by atoms with E-state index in [9.17, 15) is 4.39 Å². The van der Waals surface area contributed by atoms with Crippen LogP contribution >= 0.6 is 0 Å². The van der Waals surface area contributed by atoms with E-state index in [0.29, 0.717) is 5.92 Å². The highest BCUT2D eigenvalue weighted by Gasteiger charge is 2.32. The van der Waals surface area contributed by atoms with Gasteiger partial charge in [-0.15, -0.1) is 0 Å².